The van der Waals surface area contributed by atoms with Crippen molar-refractivity contribution in [2.24, 2.45) is 5.92 Å². The number of fused-ring (bicyclic) bond motifs is 4. The maximum Gasteiger partial charge on any atom is 0.289 e. The van der Waals surface area contributed by atoms with Gasteiger partial charge in [-0.1, -0.05) is 0 Å². The van der Waals surface area contributed by atoms with E-state index in [9.17, 15) is 9.59 Å². The van der Waals surface area contributed by atoms with E-state index in [1.807, 2.05) is 0 Å². The number of hydrogen-bond acceptors (Lipinski definition) is 6. The highest BCUT2D eigenvalue weighted by Gasteiger charge is 2.40. The molecule has 4 aliphatic rings. The smallest absolute Gasteiger partial charge is 0.289 e. The van der Waals surface area contributed by atoms with Gasteiger partial charge in [-0.05, 0) is 44.8 Å². The van der Waals surface area contributed by atoms with E-state index < -0.39 is 0 Å². The molecule has 154 valence electrons. The predicted molar refractivity (Wildman–Crippen MR) is 108 cm³/mol. The molecule has 0 radical (unpaired) electrons. The third-order valence-corrected chi connectivity index (χ3v) is 6.72. The summed E-state index contributed by atoms with van der Waals surface area (Å²) in [5, 5.41) is 7.16. The Morgan fingerprint density at radius 1 is 1.17 bits per heavy atom. The fourth-order valence-corrected chi connectivity index (χ4v) is 4.96. The fraction of sp³-hybridized carbons (Fsp3) is 0.571. The maximum atomic E-state index is 12.9. The molecule has 2 aromatic rings. The van der Waals surface area contributed by atoms with E-state index in [0.717, 1.165) is 44.4 Å². The average Bonchev–Trinajstić information content (AvgIpc) is 3.20. The minimum Gasteiger partial charge on any atom is -0.451 e. The number of furan rings is 1. The number of piperidine rings is 3. The molecule has 8 nitrogen and oxygen atoms in total. The summed E-state index contributed by atoms with van der Waals surface area (Å²) in [6.07, 6.45) is 3.89. The van der Waals surface area contributed by atoms with E-state index in [1.54, 1.807) is 23.2 Å². The van der Waals surface area contributed by atoms with Crippen LogP contribution in [0.4, 0.5) is 0 Å². The van der Waals surface area contributed by atoms with Crippen LogP contribution in [-0.2, 0) is 0 Å². The molecule has 4 saturated heterocycles. The Kier molecular flexibility index (Phi) is 4.75. The van der Waals surface area contributed by atoms with Crippen molar-refractivity contribution < 1.29 is 14.0 Å². The number of amides is 2. The minimum atomic E-state index is -0.177. The van der Waals surface area contributed by atoms with Gasteiger partial charge in [-0.15, -0.1) is 0 Å². The van der Waals surface area contributed by atoms with Gasteiger partial charge in [0, 0.05) is 55.9 Å². The lowest BCUT2D eigenvalue weighted by Gasteiger charge is -2.49. The van der Waals surface area contributed by atoms with Gasteiger partial charge in [0.25, 0.3) is 11.8 Å². The van der Waals surface area contributed by atoms with Crippen LogP contribution in [0.2, 0.25) is 0 Å². The Morgan fingerprint density at radius 2 is 1.93 bits per heavy atom. The van der Waals surface area contributed by atoms with E-state index in [1.165, 1.54) is 0 Å². The van der Waals surface area contributed by atoms with Gasteiger partial charge < -0.3 is 20.0 Å². The third-order valence-electron chi connectivity index (χ3n) is 6.72. The monoisotopic (exact) mass is 397 g/mol. The van der Waals surface area contributed by atoms with Crippen LogP contribution in [0.25, 0.3) is 11.0 Å². The van der Waals surface area contributed by atoms with Gasteiger partial charge in [-0.25, -0.2) is 0 Å². The Labute approximate surface area is 169 Å². The normalized spacial score (nSPS) is 29.2. The molecule has 29 heavy (non-hydrogen) atoms. The van der Waals surface area contributed by atoms with Gasteiger partial charge in [0.2, 0.25) is 0 Å². The van der Waals surface area contributed by atoms with Crippen molar-refractivity contribution in [3.05, 3.63) is 29.8 Å². The number of hydrogen-bond donors (Lipinski definition) is 2. The molecule has 4 fully saturated rings. The lowest BCUT2D eigenvalue weighted by Crippen LogP contribution is -2.62. The van der Waals surface area contributed by atoms with Gasteiger partial charge in [-0.2, -0.15) is 0 Å². The second-order valence-corrected chi connectivity index (χ2v) is 8.37. The number of pyridine rings is 1. The first kappa shape index (κ1) is 18.6. The van der Waals surface area contributed by atoms with Crippen LogP contribution >= 0.6 is 0 Å². The van der Waals surface area contributed by atoms with E-state index in [2.05, 4.69) is 27.4 Å². The van der Waals surface area contributed by atoms with Crippen LogP contribution in [-0.4, -0.2) is 78.0 Å². The first-order valence-electron chi connectivity index (χ1n) is 10.5. The molecule has 0 aliphatic carbocycles. The van der Waals surface area contributed by atoms with Crippen molar-refractivity contribution in [1.29, 1.82) is 0 Å². The number of nitrogens with zero attached hydrogens (tertiary/aromatic N) is 3. The largest absolute Gasteiger partial charge is 0.451 e. The molecule has 0 unspecified atom stereocenters. The summed E-state index contributed by atoms with van der Waals surface area (Å²) in [5.74, 6) is 0.542. The lowest BCUT2D eigenvalue weighted by atomic mass is 9.79. The van der Waals surface area contributed by atoms with Crippen molar-refractivity contribution in [3.63, 3.8) is 0 Å². The molecule has 0 saturated carbocycles. The van der Waals surface area contributed by atoms with E-state index in [4.69, 9.17) is 4.42 Å². The molecular formula is C21H27N5O3. The van der Waals surface area contributed by atoms with Crippen LogP contribution < -0.4 is 10.6 Å². The van der Waals surface area contributed by atoms with Crippen molar-refractivity contribution in [2.75, 3.05) is 39.3 Å². The summed E-state index contributed by atoms with van der Waals surface area (Å²) in [5.41, 5.74) is 0.849. The number of nitrogens with one attached hydrogen (secondary N) is 2. The molecule has 0 aromatic carbocycles. The Hall–Kier alpha value is -2.45. The molecule has 2 aromatic heterocycles. The summed E-state index contributed by atoms with van der Waals surface area (Å²) < 4.78 is 5.79. The van der Waals surface area contributed by atoms with Gasteiger partial charge >= 0.3 is 0 Å². The molecule has 0 spiro atoms. The van der Waals surface area contributed by atoms with Crippen LogP contribution in [0.5, 0.6) is 0 Å². The quantitative estimate of drug-likeness (QED) is 0.806. The molecule has 8 heteroatoms. The van der Waals surface area contributed by atoms with Crippen LogP contribution in [0.3, 0.4) is 0 Å². The second-order valence-electron chi connectivity index (χ2n) is 8.37. The number of rotatable bonds is 3. The average molecular weight is 397 g/mol. The zero-order valence-electron chi connectivity index (χ0n) is 16.7. The number of piperazine rings is 1. The Balaban J connectivity index is 1.33. The second kappa shape index (κ2) is 7.42. The molecule has 4 aliphatic heterocycles. The number of carbonyl (C=O) groups is 2. The highest BCUT2D eigenvalue weighted by atomic mass is 16.3. The zero-order valence-corrected chi connectivity index (χ0v) is 16.7. The minimum absolute atomic E-state index is 0.116. The topological polar surface area (TPSA) is 90.7 Å². The fourth-order valence-electron chi connectivity index (χ4n) is 4.96. The maximum absolute atomic E-state index is 12.9. The van der Waals surface area contributed by atoms with Gasteiger partial charge in [0.15, 0.2) is 5.76 Å². The predicted octanol–water partition coefficient (Wildman–Crippen LogP) is 1.09. The van der Waals surface area contributed by atoms with Crippen molar-refractivity contribution in [3.8, 4) is 0 Å². The van der Waals surface area contributed by atoms with Crippen molar-refractivity contribution >= 4 is 22.8 Å². The van der Waals surface area contributed by atoms with Gasteiger partial charge in [-0.3, -0.25) is 19.5 Å². The molecule has 2 N–H and O–H groups in total. The zero-order chi connectivity index (χ0) is 20.0. The van der Waals surface area contributed by atoms with Gasteiger partial charge in [0.05, 0.1) is 0 Å². The van der Waals surface area contributed by atoms with Crippen LogP contribution in [0.1, 0.15) is 40.8 Å². The number of carbonyl (C=O) groups excluding carboxylic acids is 2. The van der Waals surface area contributed by atoms with Crippen LogP contribution in [0.15, 0.2) is 22.7 Å². The van der Waals surface area contributed by atoms with Gasteiger partial charge in [0.1, 0.15) is 11.3 Å². The summed E-state index contributed by atoms with van der Waals surface area (Å²) >= 11 is 0. The van der Waals surface area contributed by atoms with E-state index in [0.29, 0.717) is 42.1 Å². The Bertz CT molecular complexity index is 926. The lowest BCUT2D eigenvalue weighted by molar-refractivity contribution is 0.0216. The van der Waals surface area contributed by atoms with Crippen molar-refractivity contribution in [2.45, 2.75) is 31.8 Å². The Morgan fingerprint density at radius 3 is 2.66 bits per heavy atom. The molecular weight excluding hydrogens is 370 g/mol. The highest BCUT2D eigenvalue weighted by Crippen LogP contribution is 2.32. The SMILES string of the molecule is C[C@H]1[C@H](NC(=O)c2cc3oc(C(=O)N4CCNCC4)cc3cn2)C2CCN1CC2. The molecule has 2 amide bonds. The molecule has 2 atom stereocenters. The summed E-state index contributed by atoms with van der Waals surface area (Å²) in [6.45, 7) is 7.34. The first-order chi connectivity index (χ1) is 14.1. The molecule has 6 heterocycles. The van der Waals surface area contributed by atoms with E-state index >= 15 is 0 Å². The highest BCUT2D eigenvalue weighted by molar-refractivity contribution is 5.98. The van der Waals surface area contributed by atoms with Crippen molar-refractivity contribution in [1.82, 2.24) is 25.4 Å². The summed E-state index contributed by atoms with van der Waals surface area (Å²) in [7, 11) is 0. The molecule has 2 bridgehead atoms. The van der Waals surface area contributed by atoms with Crippen LogP contribution in [0, 0.1) is 5.92 Å². The molecule has 6 rings (SSSR count). The standard InChI is InChI=1S/C21H27N5O3/c1-13-19(14-2-6-25(13)7-3-14)24-20(27)16-11-17-15(12-23-16)10-18(29-17)21(28)26-8-4-22-5-9-26/h10-14,19,22H,2-9H2,1H3,(H,24,27)/t13-,19-/m0/s1. The third kappa shape index (κ3) is 3.40. The summed E-state index contributed by atoms with van der Waals surface area (Å²) in [4.78, 5) is 34.1. The summed E-state index contributed by atoms with van der Waals surface area (Å²) in [6, 6.07) is 3.86. The van der Waals surface area contributed by atoms with E-state index in [-0.39, 0.29) is 17.9 Å². The number of aromatic nitrogens is 1. The first-order valence-corrected chi connectivity index (χ1v) is 10.5.